The minimum atomic E-state index is -0.964. The zero-order valence-corrected chi connectivity index (χ0v) is 16.8. The second kappa shape index (κ2) is 8.71. The Kier molecular flexibility index (Phi) is 5.86. The van der Waals surface area contributed by atoms with E-state index in [1.807, 2.05) is 53.2 Å². The molecule has 6 heteroatoms. The van der Waals surface area contributed by atoms with Gasteiger partial charge in [-0.1, -0.05) is 48.0 Å². The average Bonchev–Trinajstić information content (AvgIpc) is 3.17. The molecule has 2 atom stereocenters. The molecule has 1 aromatic heterocycles. The summed E-state index contributed by atoms with van der Waals surface area (Å²) in [7, 11) is 0. The topological polar surface area (TPSA) is 74.5 Å². The number of hydrogen-bond acceptors (Lipinski definition) is 3. The number of benzene rings is 3. The minimum absolute atomic E-state index is 0.234. The van der Waals surface area contributed by atoms with E-state index < -0.39 is 12.1 Å². The van der Waals surface area contributed by atoms with Gasteiger partial charge < -0.3 is 20.1 Å². The van der Waals surface area contributed by atoms with Gasteiger partial charge in [-0.15, -0.1) is 0 Å². The summed E-state index contributed by atoms with van der Waals surface area (Å²) in [5.41, 5.74) is 2.88. The van der Waals surface area contributed by atoms with Crippen LogP contribution in [0.4, 0.5) is 5.69 Å². The van der Waals surface area contributed by atoms with Crippen molar-refractivity contribution in [3.63, 3.8) is 0 Å². The van der Waals surface area contributed by atoms with Crippen LogP contribution in [0.1, 0.15) is 22.0 Å². The first kappa shape index (κ1) is 20.2. The quantitative estimate of drug-likeness (QED) is 0.430. The monoisotopic (exact) mass is 420 g/mol. The van der Waals surface area contributed by atoms with Gasteiger partial charge in [0.25, 0.3) is 5.91 Å². The van der Waals surface area contributed by atoms with Crippen molar-refractivity contribution in [3.05, 3.63) is 101 Å². The largest absolute Gasteiger partial charge is 0.394 e. The smallest absolute Gasteiger partial charge is 0.255 e. The van der Waals surface area contributed by atoms with Crippen LogP contribution >= 0.6 is 11.6 Å². The number of fused-ring (bicyclic) bond motifs is 1. The van der Waals surface area contributed by atoms with Crippen molar-refractivity contribution in [2.75, 3.05) is 11.9 Å². The molecular weight excluding hydrogens is 400 g/mol. The van der Waals surface area contributed by atoms with Crippen molar-refractivity contribution < 1.29 is 15.0 Å². The van der Waals surface area contributed by atoms with Crippen LogP contribution in [-0.2, 0) is 0 Å². The van der Waals surface area contributed by atoms with Gasteiger partial charge >= 0.3 is 0 Å². The van der Waals surface area contributed by atoms with Gasteiger partial charge in [0.2, 0.25) is 0 Å². The zero-order valence-electron chi connectivity index (χ0n) is 16.1. The Morgan fingerprint density at radius 2 is 1.80 bits per heavy atom. The summed E-state index contributed by atoms with van der Waals surface area (Å²) in [4.78, 5) is 12.7. The summed E-state index contributed by atoms with van der Waals surface area (Å²) in [6, 6.07) is 23.4. The number of aromatic nitrogens is 1. The number of aliphatic hydroxyl groups is 2. The third-order valence-electron chi connectivity index (χ3n) is 5.06. The van der Waals surface area contributed by atoms with Gasteiger partial charge in [0, 0.05) is 33.4 Å². The maximum absolute atomic E-state index is 12.7. The van der Waals surface area contributed by atoms with E-state index >= 15 is 0 Å². The number of halogens is 1. The Labute approximate surface area is 179 Å². The summed E-state index contributed by atoms with van der Waals surface area (Å²) >= 11 is 5.98. The number of amides is 1. The van der Waals surface area contributed by atoms with E-state index in [0.717, 1.165) is 16.5 Å². The zero-order chi connectivity index (χ0) is 21.1. The lowest BCUT2D eigenvalue weighted by Crippen LogP contribution is -2.28. The van der Waals surface area contributed by atoms with Crippen molar-refractivity contribution in [1.82, 2.24) is 4.57 Å². The van der Waals surface area contributed by atoms with Crippen LogP contribution in [0.3, 0.4) is 0 Å². The van der Waals surface area contributed by atoms with Crippen molar-refractivity contribution in [2.45, 2.75) is 12.1 Å². The standard InChI is InChI=1S/C24H21ClN2O3/c25-19-7-4-8-20(14-19)26-24(30)18-9-10-21-17(13-18)11-12-27(21)23(22(29)15-28)16-5-2-1-3-6-16/h1-14,22-23,28-29H,15H2,(H,26,30)/t22-,23+/m1/s1. The van der Waals surface area contributed by atoms with E-state index in [4.69, 9.17) is 11.6 Å². The Hall–Kier alpha value is -3.12. The van der Waals surface area contributed by atoms with E-state index in [2.05, 4.69) is 5.32 Å². The average molecular weight is 421 g/mol. The highest BCUT2D eigenvalue weighted by atomic mass is 35.5. The highest BCUT2D eigenvalue weighted by Gasteiger charge is 2.23. The summed E-state index contributed by atoms with van der Waals surface area (Å²) < 4.78 is 1.92. The van der Waals surface area contributed by atoms with E-state index in [1.54, 1.807) is 36.4 Å². The number of carbonyl (C=O) groups is 1. The molecule has 152 valence electrons. The fourth-order valence-electron chi connectivity index (χ4n) is 3.64. The van der Waals surface area contributed by atoms with Gasteiger partial charge in [0.05, 0.1) is 12.6 Å². The van der Waals surface area contributed by atoms with Crippen LogP contribution in [0.2, 0.25) is 5.02 Å². The third-order valence-corrected chi connectivity index (χ3v) is 5.29. The fourth-order valence-corrected chi connectivity index (χ4v) is 3.83. The van der Waals surface area contributed by atoms with E-state index in [9.17, 15) is 15.0 Å². The molecule has 0 aliphatic rings. The molecule has 3 N–H and O–H groups in total. The number of nitrogens with one attached hydrogen (secondary N) is 1. The first-order valence-corrected chi connectivity index (χ1v) is 9.96. The number of nitrogens with zero attached hydrogens (tertiary/aromatic N) is 1. The highest BCUT2D eigenvalue weighted by Crippen LogP contribution is 2.29. The summed E-state index contributed by atoms with van der Waals surface area (Å²) in [5.74, 6) is -0.234. The molecule has 4 rings (SSSR count). The third kappa shape index (κ3) is 4.09. The van der Waals surface area contributed by atoms with E-state index in [-0.39, 0.29) is 12.5 Å². The molecule has 4 aromatic rings. The Morgan fingerprint density at radius 3 is 2.53 bits per heavy atom. The van der Waals surface area contributed by atoms with E-state index in [0.29, 0.717) is 16.3 Å². The van der Waals surface area contributed by atoms with Crippen molar-refractivity contribution in [1.29, 1.82) is 0 Å². The molecule has 3 aromatic carbocycles. The molecule has 0 saturated carbocycles. The first-order valence-electron chi connectivity index (χ1n) is 9.58. The van der Waals surface area contributed by atoms with Crippen molar-refractivity contribution >= 4 is 34.1 Å². The maximum atomic E-state index is 12.7. The van der Waals surface area contributed by atoms with Gasteiger partial charge in [-0.2, -0.15) is 0 Å². The second-order valence-electron chi connectivity index (χ2n) is 7.07. The minimum Gasteiger partial charge on any atom is -0.394 e. The number of aliphatic hydroxyl groups excluding tert-OH is 2. The molecule has 0 aliphatic heterocycles. The Morgan fingerprint density at radius 1 is 1.00 bits per heavy atom. The molecule has 30 heavy (non-hydrogen) atoms. The summed E-state index contributed by atoms with van der Waals surface area (Å²) in [6.45, 7) is -0.362. The van der Waals surface area contributed by atoms with Crippen LogP contribution < -0.4 is 5.32 Å². The summed E-state index contributed by atoms with van der Waals surface area (Å²) in [5, 5.41) is 24.3. The predicted octanol–water partition coefficient (Wildman–Crippen LogP) is 4.49. The molecule has 0 aliphatic carbocycles. The molecule has 0 unspecified atom stereocenters. The highest BCUT2D eigenvalue weighted by molar-refractivity contribution is 6.31. The lowest BCUT2D eigenvalue weighted by molar-refractivity contribution is 0.0654. The molecule has 0 radical (unpaired) electrons. The van der Waals surface area contributed by atoms with Crippen LogP contribution in [0.5, 0.6) is 0 Å². The normalized spacial score (nSPS) is 13.2. The molecule has 0 fully saturated rings. The van der Waals surface area contributed by atoms with Gasteiger partial charge in [-0.05, 0) is 48.0 Å². The SMILES string of the molecule is O=C(Nc1cccc(Cl)c1)c1ccc2c(ccn2[C@@H](c2ccccc2)[C@H](O)CO)c1. The molecule has 0 bridgehead atoms. The number of anilines is 1. The lowest BCUT2D eigenvalue weighted by atomic mass is 10.0. The fraction of sp³-hybridized carbons (Fsp3) is 0.125. The van der Waals surface area contributed by atoms with Crippen LogP contribution in [0.15, 0.2) is 85.1 Å². The van der Waals surface area contributed by atoms with Gasteiger partial charge in [0.1, 0.15) is 6.10 Å². The molecular formula is C24H21ClN2O3. The molecule has 5 nitrogen and oxygen atoms in total. The maximum Gasteiger partial charge on any atom is 0.255 e. The van der Waals surface area contributed by atoms with Crippen molar-refractivity contribution in [2.24, 2.45) is 0 Å². The lowest BCUT2D eigenvalue weighted by Gasteiger charge is -2.25. The number of rotatable bonds is 6. The van der Waals surface area contributed by atoms with Crippen LogP contribution in [0, 0.1) is 0 Å². The summed E-state index contributed by atoms with van der Waals surface area (Å²) in [6.07, 6.45) is 0.897. The predicted molar refractivity (Wildman–Crippen MR) is 119 cm³/mol. The Balaban J connectivity index is 1.67. The molecule has 1 amide bonds. The molecule has 0 saturated heterocycles. The molecule has 0 spiro atoms. The van der Waals surface area contributed by atoms with E-state index in [1.165, 1.54) is 0 Å². The Bertz CT molecular complexity index is 1170. The van der Waals surface area contributed by atoms with Crippen LogP contribution in [-0.4, -0.2) is 33.4 Å². The van der Waals surface area contributed by atoms with Gasteiger partial charge in [-0.3, -0.25) is 4.79 Å². The van der Waals surface area contributed by atoms with Gasteiger partial charge in [0.15, 0.2) is 0 Å². The second-order valence-corrected chi connectivity index (χ2v) is 7.50. The first-order chi connectivity index (χ1) is 14.6. The van der Waals surface area contributed by atoms with Crippen molar-refractivity contribution in [3.8, 4) is 0 Å². The molecule has 1 heterocycles. The van der Waals surface area contributed by atoms with Gasteiger partial charge in [-0.25, -0.2) is 0 Å². The van der Waals surface area contributed by atoms with Crippen LogP contribution in [0.25, 0.3) is 10.9 Å². The number of hydrogen-bond donors (Lipinski definition) is 3. The number of carbonyl (C=O) groups excluding carboxylic acids is 1.